The quantitative estimate of drug-likeness (QED) is 0.143. The average Bonchev–Trinajstić information content (AvgIpc) is 3.12. The minimum Gasteiger partial charge on any atom is -0.463 e. The first-order valence-electron chi connectivity index (χ1n) is 18.4. The predicted molar refractivity (Wildman–Crippen MR) is 195 cm³/mol. The van der Waals surface area contributed by atoms with Crippen molar-refractivity contribution < 1.29 is 71.3 Å². The van der Waals surface area contributed by atoms with Crippen molar-refractivity contribution in [2.75, 3.05) is 19.8 Å². The van der Waals surface area contributed by atoms with Crippen LogP contribution in [0.15, 0.2) is 60.7 Å². The SMILES string of the molecule is CC(=O)OC[C@H]1O[C@@H](OCC[Si](C)(C)C)[C@H](OC(C)=O)[C@@H](OC(C)=O)[C@@H]1O[C@@H]1O[C@@H]2COC(c3ccccc3)O[C@@H]2[C@H](OCc2ccccc2)[C@H]1OC(C)=O. The van der Waals surface area contributed by atoms with Crippen molar-refractivity contribution in [3.63, 3.8) is 0 Å². The van der Waals surface area contributed by atoms with Crippen LogP contribution < -0.4 is 0 Å². The van der Waals surface area contributed by atoms with Crippen molar-refractivity contribution in [2.24, 2.45) is 0 Å². The van der Waals surface area contributed by atoms with Crippen LogP contribution >= 0.6 is 0 Å². The number of fused-ring (bicyclic) bond motifs is 1. The Bertz CT molecular complexity index is 1570. The average molecular weight is 789 g/mol. The monoisotopic (exact) mass is 788 g/mol. The Morgan fingerprint density at radius 1 is 0.673 bits per heavy atom. The normalized spacial score (nSPS) is 30.7. The summed E-state index contributed by atoms with van der Waals surface area (Å²) in [4.78, 5) is 50.1. The topological polar surface area (TPSA) is 170 Å². The molecule has 0 bridgehead atoms. The van der Waals surface area contributed by atoms with E-state index in [0.717, 1.165) is 17.2 Å². The molecule has 0 aromatic heterocycles. The maximum Gasteiger partial charge on any atom is 0.303 e. The van der Waals surface area contributed by atoms with E-state index in [0.29, 0.717) is 0 Å². The summed E-state index contributed by atoms with van der Waals surface area (Å²) in [5.41, 5.74) is 1.61. The molecule has 2 aromatic carbocycles. The highest BCUT2D eigenvalue weighted by Crippen LogP contribution is 2.39. The van der Waals surface area contributed by atoms with E-state index in [4.69, 9.17) is 52.1 Å². The molecule has 0 saturated carbocycles. The number of esters is 4. The Labute approximate surface area is 322 Å². The van der Waals surface area contributed by atoms with Crippen molar-refractivity contribution in [3.8, 4) is 0 Å². The summed E-state index contributed by atoms with van der Waals surface area (Å²) >= 11 is 0. The van der Waals surface area contributed by atoms with Crippen LogP contribution in [0.4, 0.5) is 0 Å². The zero-order valence-electron chi connectivity index (χ0n) is 32.3. The Kier molecular flexibility index (Phi) is 15.0. The van der Waals surface area contributed by atoms with Gasteiger partial charge in [0, 0.05) is 47.9 Å². The zero-order chi connectivity index (χ0) is 39.7. The van der Waals surface area contributed by atoms with E-state index in [-0.39, 0.29) is 26.4 Å². The third kappa shape index (κ3) is 12.1. The molecular weight excluding hydrogens is 737 g/mol. The summed E-state index contributed by atoms with van der Waals surface area (Å²) in [5, 5.41) is 0. The minimum atomic E-state index is -1.58. The van der Waals surface area contributed by atoms with E-state index in [2.05, 4.69) is 19.6 Å². The molecule has 0 radical (unpaired) electrons. The molecule has 0 spiro atoms. The van der Waals surface area contributed by atoms with Gasteiger partial charge in [-0.3, -0.25) is 19.2 Å². The van der Waals surface area contributed by atoms with Gasteiger partial charge in [-0.1, -0.05) is 80.3 Å². The second-order valence-electron chi connectivity index (χ2n) is 14.8. The van der Waals surface area contributed by atoms with Crippen molar-refractivity contribution >= 4 is 32.0 Å². The number of carbonyl (C=O) groups is 4. The summed E-state index contributed by atoms with van der Waals surface area (Å²) < 4.78 is 67.5. The van der Waals surface area contributed by atoms with E-state index >= 15 is 0 Å². The molecule has 3 fully saturated rings. The van der Waals surface area contributed by atoms with E-state index in [1.54, 1.807) is 0 Å². The highest BCUT2D eigenvalue weighted by atomic mass is 28.3. The van der Waals surface area contributed by atoms with Gasteiger partial charge in [-0.25, -0.2) is 0 Å². The molecule has 0 N–H and O–H groups in total. The van der Waals surface area contributed by atoms with Gasteiger partial charge in [0.15, 0.2) is 37.2 Å². The summed E-state index contributed by atoms with van der Waals surface area (Å²) in [6, 6.07) is 19.5. The number of benzene rings is 2. The second kappa shape index (κ2) is 19.4. The first-order chi connectivity index (χ1) is 26.2. The first kappa shape index (κ1) is 42.4. The standard InChI is InChI=1S/C39H52O15Si/c1-23(40)45-21-29-32(34(48-24(2)41)36(50-26(4)43)38(51-29)44-18-19-55(5,6)7)54-39-35(49-25(3)42)33(46-20-27-14-10-8-11-15-27)31-30(52-39)22-47-37(53-31)28-16-12-9-13-17-28/h8-17,29-39H,18-22H2,1-7H3/t29-,30-,31+,32-,33+,34+,35-,36-,37?,38-,39+/m1/s1. The third-order valence-corrected chi connectivity index (χ3v) is 10.7. The van der Waals surface area contributed by atoms with Gasteiger partial charge in [0.2, 0.25) is 0 Å². The Morgan fingerprint density at radius 2 is 1.27 bits per heavy atom. The number of hydrogen-bond donors (Lipinski definition) is 0. The lowest BCUT2D eigenvalue weighted by atomic mass is 9.95. The van der Waals surface area contributed by atoms with Crippen LogP contribution in [0.1, 0.15) is 45.1 Å². The predicted octanol–water partition coefficient (Wildman–Crippen LogP) is 4.23. The molecule has 5 rings (SSSR count). The molecule has 3 aliphatic heterocycles. The van der Waals surface area contributed by atoms with Crippen LogP contribution in [0.2, 0.25) is 25.7 Å². The molecule has 55 heavy (non-hydrogen) atoms. The van der Waals surface area contributed by atoms with Crippen molar-refractivity contribution in [3.05, 3.63) is 71.8 Å². The largest absolute Gasteiger partial charge is 0.463 e. The third-order valence-electron chi connectivity index (χ3n) is 9.01. The maximum atomic E-state index is 12.8. The molecule has 2 aromatic rings. The van der Waals surface area contributed by atoms with Gasteiger partial charge >= 0.3 is 23.9 Å². The fourth-order valence-electron chi connectivity index (χ4n) is 6.50. The molecule has 11 atom stereocenters. The van der Waals surface area contributed by atoms with Crippen molar-refractivity contribution in [1.82, 2.24) is 0 Å². The molecule has 3 heterocycles. The fourth-order valence-corrected chi connectivity index (χ4v) is 7.23. The summed E-state index contributed by atoms with van der Waals surface area (Å²) in [7, 11) is -1.58. The minimum absolute atomic E-state index is 0.0383. The molecule has 15 nitrogen and oxygen atoms in total. The Balaban J connectivity index is 1.51. The molecule has 0 aliphatic carbocycles. The van der Waals surface area contributed by atoms with Gasteiger partial charge in [-0.05, 0) is 11.6 Å². The Hall–Kier alpha value is -3.74. The molecule has 3 aliphatic rings. The van der Waals surface area contributed by atoms with E-state index in [1.807, 2.05) is 60.7 Å². The van der Waals surface area contributed by atoms with Crippen LogP contribution in [-0.4, -0.2) is 113 Å². The van der Waals surface area contributed by atoms with Gasteiger partial charge in [0.25, 0.3) is 0 Å². The van der Waals surface area contributed by atoms with Gasteiger partial charge < -0.3 is 52.1 Å². The molecule has 0 amide bonds. The molecule has 16 heteroatoms. The second-order valence-corrected chi connectivity index (χ2v) is 20.5. The van der Waals surface area contributed by atoms with E-state index in [9.17, 15) is 19.2 Å². The van der Waals surface area contributed by atoms with Crippen LogP contribution in [0.25, 0.3) is 0 Å². The molecular formula is C39H52O15Si. The summed E-state index contributed by atoms with van der Waals surface area (Å²) in [6.45, 7) is 11.4. The first-order valence-corrected chi connectivity index (χ1v) is 22.1. The van der Waals surface area contributed by atoms with Gasteiger partial charge in [-0.2, -0.15) is 0 Å². The van der Waals surface area contributed by atoms with Crippen LogP contribution in [0.3, 0.4) is 0 Å². The van der Waals surface area contributed by atoms with Gasteiger partial charge in [-0.15, -0.1) is 0 Å². The van der Waals surface area contributed by atoms with Crippen LogP contribution in [0, 0.1) is 0 Å². The van der Waals surface area contributed by atoms with Crippen LogP contribution in [0.5, 0.6) is 0 Å². The molecule has 1 unspecified atom stereocenters. The lowest BCUT2D eigenvalue weighted by Gasteiger charge is -2.51. The number of rotatable bonds is 15. The number of carbonyl (C=O) groups excluding carboxylic acids is 4. The van der Waals surface area contributed by atoms with Crippen LogP contribution in [-0.2, 0) is 77.9 Å². The number of hydrogen-bond acceptors (Lipinski definition) is 15. The number of ether oxygens (including phenoxy) is 11. The van der Waals surface area contributed by atoms with E-state index in [1.165, 1.54) is 27.7 Å². The lowest BCUT2D eigenvalue weighted by Crippen LogP contribution is -2.67. The fraction of sp³-hybridized carbons (Fsp3) is 0.590. The van der Waals surface area contributed by atoms with Gasteiger partial charge in [0.05, 0.1) is 13.2 Å². The highest BCUT2D eigenvalue weighted by Gasteiger charge is 2.57. The van der Waals surface area contributed by atoms with Gasteiger partial charge in [0.1, 0.15) is 37.1 Å². The summed E-state index contributed by atoms with van der Waals surface area (Å²) in [5.74, 6) is -2.70. The molecule has 302 valence electrons. The van der Waals surface area contributed by atoms with Crippen molar-refractivity contribution in [1.29, 1.82) is 0 Å². The maximum absolute atomic E-state index is 12.8. The highest BCUT2D eigenvalue weighted by molar-refractivity contribution is 6.76. The van der Waals surface area contributed by atoms with E-state index < -0.39 is 99.7 Å². The smallest absolute Gasteiger partial charge is 0.303 e. The summed E-state index contributed by atoms with van der Waals surface area (Å²) in [6.07, 6.45) is -12.4. The van der Waals surface area contributed by atoms with Crippen molar-refractivity contribution in [2.45, 2.75) is 128 Å². The molecule has 3 saturated heterocycles. The lowest BCUT2D eigenvalue weighted by molar-refractivity contribution is -0.389. The zero-order valence-corrected chi connectivity index (χ0v) is 33.3. The Morgan fingerprint density at radius 3 is 1.87 bits per heavy atom.